The van der Waals surface area contributed by atoms with Crippen molar-refractivity contribution in [2.24, 2.45) is 0 Å². The average Bonchev–Trinajstić information content (AvgIpc) is 2.39. The minimum atomic E-state index is -0.445. The first-order valence-corrected chi connectivity index (χ1v) is 6.74. The molecule has 0 bridgehead atoms. The summed E-state index contributed by atoms with van der Waals surface area (Å²) >= 11 is 12.0. The maximum atomic E-state index is 11.4. The second-order valence-corrected chi connectivity index (χ2v) is 5.11. The number of imide groups is 1. The molecule has 0 radical (unpaired) electrons. The molecule has 2 rings (SSSR count). The highest BCUT2D eigenvalue weighted by Crippen LogP contribution is 2.29. The maximum absolute atomic E-state index is 11.4. The zero-order valence-corrected chi connectivity index (χ0v) is 12.8. The Morgan fingerprint density at radius 3 is 2.10 bits per heavy atom. The summed E-state index contributed by atoms with van der Waals surface area (Å²) in [6.07, 6.45) is 2.99. The molecule has 5 nitrogen and oxygen atoms in total. The van der Waals surface area contributed by atoms with E-state index >= 15 is 0 Å². The maximum Gasteiger partial charge on any atom is 0.239 e. The van der Waals surface area contributed by atoms with Crippen LogP contribution in [0.1, 0.15) is 13.8 Å². The van der Waals surface area contributed by atoms with E-state index in [0.717, 1.165) is 4.90 Å². The summed E-state index contributed by atoms with van der Waals surface area (Å²) in [5.41, 5.74) is 1.37. The third-order valence-electron chi connectivity index (χ3n) is 2.71. The Labute approximate surface area is 131 Å². The number of hydrogen-bond acceptors (Lipinski definition) is 4. The largest absolute Gasteiger partial charge is 0.274 e. The van der Waals surface area contributed by atoms with Crippen LogP contribution in [0, 0.1) is 0 Å². The third kappa shape index (κ3) is 3.37. The Morgan fingerprint density at radius 1 is 1.05 bits per heavy atom. The lowest BCUT2D eigenvalue weighted by Gasteiger charge is -2.14. The summed E-state index contributed by atoms with van der Waals surface area (Å²) in [6, 6.07) is 5.06. The number of anilines is 1. The van der Waals surface area contributed by atoms with E-state index < -0.39 is 11.8 Å². The van der Waals surface area contributed by atoms with Crippen molar-refractivity contribution in [3.8, 4) is 11.1 Å². The highest BCUT2D eigenvalue weighted by Gasteiger charge is 2.19. The second-order valence-electron chi connectivity index (χ2n) is 4.27. The molecule has 0 fully saturated rings. The molecule has 1 aromatic heterocycles. The minimum Gasteiger partial charge on any atom is -0.274 e. The zero-order valence-electron chi connectivity index (χ0n) is 11.3. The topological polar surface area (TPSA) is 63.2 Å². The van der Waals surface area contributed by atoms with Crippen molar-refractivity contribution in [1.82, 2.24) is 9.97 Å². The molecular weight excluding hydrogens is 313 g/mol. The van der Waals surface area contributed by atoms with Gasteiger partial charge in [0.1, 0.15) is 0 Å². The van der Waals surface area contributed by atoms with E-state index in [9.17, 15) is 9.59 Å². The first kappa shape index (κ1) is 15.4. The molecule has 108 valence electrons. The second kappa shape index (κ2) is 6.20. The van der Waals surface area contributed by atoms with Crippen molar-refractivity contribution in [3.05, 3.63) is 40.6 Å². The molecule has 7 heteroatoms. The number of amides is 2. The van der Waals surface area contributed by atoms with E-state index in [2.05, 4.69) is 9.97 Å². The number of nitrogens with zero attached hydrogens (tertiary/aromatic N) is 3. The lowest BCUT2D eigenvalue weighted by atomic mass is 10.1. The van der Waals surface area contributed by atoms with Gasteiger partial charge in [0.05, 0.1) is 0 Å². The minimum absolute atomic E-state index is 0.0313. The van der Waals surface area contributed by atoms with Crippen LogP contribution in [0.4, 0.5) is 5.95 Å². The van der Waals surface area contributed by atoms with Crippen molar-refractivity contribution >= 4 is 41.0 Å². The summed E-state index contributed by atoms with van der Waals surface area (Å²) in [7, 11) is 0. The summed E-state index contributed by atoms with van der Waals surface area (Å²) in [5, 5.41) is 0.995. The summed E-state index contributed by atoms with van der Waals surface area (Å²) in [5.74, 6) is -0.858. The molecular formula is C14H11Cl2N3O2. The van der Waals surface area contributed by atoms with Crippen LogP contribution in [-0.4, -0.2) is 21.8 Å². The van der Waals surface area contributed by atoms with Gasteiger partial charge in [0.25, 0.3) is 0 Å². The van der Waals surface area contributed by atoms with Crippen LogP contribution in [-0.2, 0) is 9.59 Å². The van der Waals surface area contributed by atoms with Gasteiger partial charge in [-0.2, -0.15) is 0 Å². The molecule has 0 aliphatic carbocycles. The van der Waals surface area contributed by atoms with Crippen LogP contribution in [0.25, 0.3) is 11.1 Å². The van der Waals surface area contributed by atoms with Gasteiger partial charge in [-0.25, -0.2) is 14.9 Å². The van der Waals surface area contributed by atoms with Gasteiger partial charge in [-0.05, 0) is 12.1 Å². The van der Waals surface area contributed by atoms with Crippen LogP contribution in [0.2, 0.25) is 10.0 Å². The lowest BCUT2D eigenvalue weighted by molar-refractivity contribution is -0.124. The number of halogens is 2. The lowest BCUT2D eigenvalue weighted by Crippen LogP contribution is -2.34. The van der Waals surface area contributed by atoms with Gasteiger partial charge >= 0.3 is 0 Å². The van der Waals surface area contributed by atoms with Crippen molar-refractivity contribution in [3.63, 3.8) is 0 Å². The molecule has 0 unspecified atom stereocenters. The Morgan fingerprint density at radius 2 is 1.62 bits per heavy atom. The SMILES string of the molecule is CC(=O)N(C(C)=O)c1ncc(-c2ccc(Cl)cc2Cl)cn1. The summed E-state index contributed by atoms with van der Waals surface area (Å²) in [6.45, 7) is 2.55. The van der Waals surface area contributed by atoms with Crippen LogP contribution >= 0.6 is 23.2 Å². The Kier molecular flexibility index (Phi) is 4.55. The van der Waals surface area contributed by atoms with Gasteiger partial charge in [0, 0.05) is 47.4 Å². The molecule has 2 amide bonds. The van der Waals surface area contributed by atoms with Gasteiger partial charge in [0.2, 0.25) is 17.8 Å². The number of carbonyl (C=O) groups excluding carboxylic acids is 2. The van der Waals surface area contributed by atoms with Crippen LogP contribution in [0.5, 0.6) is 0 Å². The van der Waals surface area contributed by atoms with Crippen LogP contribution in [0.3, 0.4) is 0 Å². The molecule has 0 aliphatic heterocycles. The van der Waals surface area contributed by atoms with Gasteiger partial charge in [-0.15, -0.1) is 0 Å². The smallest absolute Gasteiger partial charge is 0.239 e. The average molecular weight is 324 g/mol. The van der Waals surface area contributed by atoms with Crippen molar-refractivity contribution < 1.29 is 9.59 Å². The van der Waals surface area contributed by atoms with Gasteiger partial charge in [-0.1, -0.05) is 29.3 Å². The highest BCUT2D eigenvalue weighted by atomic mass is 35.5. The number of rotatable bonds is 2. The fourth-order valence-corrected chi connectivity index (χ4v) is 2.32. The molecule has 1 aromatic carbocycles. The fraction of sp³-hybridized carbons (Fsp3) is 0.143. The Balaban J connectivity index is 2.38. The molecule has 0 aliphatic rings. The van der Waals surface area contributed by atoms with E-state index in [1.165, 1.54) is 26.2 Å². The van der Waals surface area contributed by atoms with Crippen LogP contribution in [0.15, 0.2) is 30.6 Å². The fourth-order valence-electron chi connectivity index (χ4n) is 1.80. The summed E-state index contributed by atoms with van der Waals surface area (Å²) in [4.78, 5) is 31.8. The van der Waals surface area contributed by atoms with E-state index in [-0.39, 0.29) is 5.95 Å². The molecule has 0 saturated carbocycles. The monoisotopic (exact) mass is 323 g/mol. The zero-order chi connectivity index (χ0) is 15.6. The van der Waals surface area contributed by atoms with E-state index in [1.807, 2.05) is 0 Å². The van der Waals surface area contributed by atoms with Crippen molar-refractivity contribution in [2.75, 3.05) is 4.90 Å². The van der Waals surface area contributed by atoms with E-state index in [4.69, 9.17) is 23.2 Å². The standard InChI is InChI=1S/C14H11Cl2N3O2/c1-8(20)19(9(2)21)14-17-6-10(7-18-14)12-4-3-11(15)5-13(12)16/h3-7H,1-2H3. The van der Waals surface area contributed by atoms with E-state index in [1.54, 1.807) is 18.2 Å². The molecule has 0 saturated heterocycles. The van der Waals surface area contributed by atoms with Crippen molar-refractivity contribution in [2.45, 2.75) is 13.8 Å². The van der Waals surface area contributed by atoms with Crippen LogP contribution < -0.4 is 4.90 Å². The quantitative estimate of drug-likeness (QED) is 0.850. The molecule has 2 aromatic rings. The third-order valence-corrected chi connectivity index (χ3v) is 3.26. The molecule has 0 spiro atoms. The first-order chi connectivity index (χ1) is 9.90. The Hall–Kier alpha value is -1.98. The number of carbonyl (C=O) groups is 2. The van der Waals surface area contributed by atoms with E-state index in [0.29, 0.717) is 21.2 Å². The molecule has 1 heterocycles. The normalized spacial score (nSPS) is 10.3. The van der Waals surface area contributed by atoms with Crippen molar-refractivity contribution in [1.29, 1.82) is 0 Å². The van der Waals surface area contributed by atoms with Gasteiger partial charge in [0.15, 0.2) is 0 Å². The predicted molar refractivity (Wildman–Crippen MR) is 81.3 cm³/mol. The number of aromatic nitrogens is 2. The predicted octanol–water partition coefficient (Wildman–Crippen LogP) is 3.35. The first-order valence-electron chi connectivity index (χ1n) is 5.99. The summed E-state index contributed by atoms with van der Waals surface area (Å²) < 4.78 is 0. The highest BCUT2D eigenvalue weighted by molar-refractivity contribution is 6.36. The van der Waals surface area contributed by atoms with Gasteiger partial charge < -0.3 is 0 Å². The van der Waals surface area contributed by atoms with Gasteiger partial charge in [-0.3, -0.25) is 9.59 Å². The number of benzene rings is 1. The molecule has 0 N–H and O–H groups in total. The molecule has 0 atom stereocenters. The number of hydrogen-bond donors (Lipinski definition) is 0. The Bertz CT molecular complexity index is 688. The molecule has 21 heavy (non-hydrogen) atoms.